The summed E-state index contributed by atoms with van der Waals surface area (Å²) in [4.78, 5) is 4.03. The van der Waals surface area contributed by atoms with Crippen LogP contribution in [-0.2, 0) is 10.0 Å². The lowest BCUT2D eigenvalue weighted by Crippen LogP contribution is -2.33. The summed E-state index contributed by atoms with van der Waals surface area (Å²) in [6.45, 7) is 5.09. The molecule has 0 atom stereocenters. The molecule has 0 bridgehead atoms. The maximum absolute atomic E-state index is 12.6. The van der Waals surface area contributed by atoms with Gasteiger partial charge < -0.3 is 10.4 Å². The summed E-state index contributed by atoms with van der Waals surface area (Å²) in [6, 6.07) is 3.43. The van der Waals surface area contributed by atoms with Gasteiger partial charge >= 0.3 is 0 Å². The van der Waals surface area contributed by atoms with E-state index in [9.17, 15) is 8.42 Å². The Hall–Kier alpha value is -1.18. The molecule has 0 aromatic carbocycles. The van der Waals surface area contributed by atoms with Crippen LogP contribution in [0.2, 0.25) is 0 Å². The first kappa shape index (κ1) is 16.9. The predicted molar refractivity (Wildman–Crippen MR) is 79.2 cm³/mol. The fourth-order valence-corrected chi connectivity index (χ4v) is 3.37. The maximum Gasteiger partial charge on any atom is 0.262 e. The maximum atomic E-state index is 12.6. The van der Waals surface area contributed by atoms with Crippen molar-refractivity contribution in [1.29, 1.82) is 0 Å². The third kappa shape index (κ3) is 4.16. The average molecular weight is 301 g/mol. The van der Waals surface area contributed by atoms with E-state index in [1.807, 2.05) is 6.92 Å². The van der Waals surface area contributed by atoms with Crippen LogP contribution >= 0.6 is 0 Å². The van der Waals surface area contributed by atoms with Gasteiger partial charge in [-0.3, -0.25) is 0 Å². The Balaban J connectivity index is 3.06. The van der Waals surface area contributed by atoms with Crippen molar-refractivity contribution in [1.82, 2.24) is 9.29 Å². The first-order chi connectivity index (χ1) is 9.57. The van der Waals surface area contributed by atoms with Gasteiger partial charge in [-0.05, 0) is 25.0 Å². The smallest absolute Gasteiger partial charge is 0.262 e. The standard InChI is InChI=1S/C13H23N3O3S/c1-3-8-14-12-7-5-9-15-13(12)20(18,19)16(4-2)10-6-11-17/h5,7,9,14,17H,3-4,6,8,10-11H2,1-2H3. The van der Waals surface area contributed by atoms with E-state index in [2.05, 4.69) is 10.3 Å². The Morgan fingerprint density at radius 2 is 2.15 bits per heavy atom. The summed E-state index contributed by atoms with van der Waals surface area (Å²) in [5.74, 6) is 0. The number of nitrogens with zero attached hydrogens (tertiary/aromatic N) is 2. The predicted octanol–water partition coefficient (Wildman–Crippen LogP) is 1.30. The van der Waals surface area contributed by atoms with E-state index in [1.54, 1.807) is 19.1 Å². The Labute approximate surface area is 120 Å². The SMILES string of the molecule is CCCNc1cccnc1S(=O)(=O)N(CC)CCCO. The molecule has 0 aliphatic rings. The number of aliphatic hydroxyl groups excluding tert-OH is 1. The molecule has 0 amide bonds. The third-order valence-corrected chi connectivity index (χ3v) is 4.77. The molecule has 0 aliphatic carbocycles. The molecule has 6 nitrogen and oxygen atoms in total. The summed E-state index contributed by atoms with van der Waals surface area (Å²) in [6.07, 6.45) is 2.79. The third-order valence-electron chi connectivity index (χ3n) is 2.84. The van der Waals surface area contributed by atoms with Crippen LogP contribution in [0.15, 0.2) is 23.4 Å². The quantitative estimate of drug-likeness (QED) is 0.718. The summed E-state index contributed by atoms with van der Waals surface area (Å²) in [5, 5.41) is 12.0. The Morgan fingerprint density at radius 3 is 2.75 bits per heavy atom. The van der Waals surface area contributed by atoms with Crippen LogP contribution in [0.1, 0.15) is 26.7 Å². The summed E-state index contributed by atoms with van der Waals surface area (Å²) in [7, 11) is -3.64. The number of anilines is 1. The minimum Gasteiger partial charge on any atom is -0.396 e. The second-order valence-electron chi connectivity index (χ2n) is 4.36. The lowest BCUT2D eigenvalue weighted by molar-refractivity contribution is 0.271. The van der Waals surface area contributed by atoms with Gasteiger partial charge in [-0.2, -0.15) is 4.31 Å². The molecule has 0 radical (unpaired) electrons. The highest BCUT2D eigenvalue weighted by Crippen LogP contribution is 2.22. The molecular weight excluding hydrogens is 278 g/mol. The van der Waals surface area contributed by atoms with Gasteiger partial charge in [0.15, 0.2) is 5.03 Å². The van der Waals surface area contributed by atoms with Crippen molar-refractivity contribution in [2.45, 2.75) is 31.7 Å². The molecule has 0 fully saturated rings. The highest BCUT2D eigenvalue weighted by molar-refractivity contribution is 7.89. The number of aliphatic hydroxyl groups is 1. The number of hydrogen-bond acceptors (Lipinski definition) is 5. The van der Waals surface area contributed by atoms with Crippen LogP contribution in [0, 0.1) is 0 Å². The first-order valence-electron chi connectivity index (χ1n) is 6.87. The number of rotatable bonds is 9. The van der Waals surface area contributed by atoms with Crippen LogP contribution in [0.5, 0.6) is 0 Å². The first-order valence-corrected chi connectivity index (χ1v) is 8.31. The molecule has 0 saturated carbocycles. The normalized spacial score (nSPS) is 11.8. The molecule has 0 unspecified atom stereocenters. The van der Waals surface area contributed by atoms with Gasteiger partial charge in [-0.1, -0.05) is 13.8 Å². The molecule has 0 saturated heterocycles. The van der Waals surface area contributed by atoms with E-state index in [0.717, 1.165) is 6.42 Å². The van der Waals surface area contributed by atoms with Gasteiger partial charge in [0.1, 0.15) is 0 Å². The van der Waals surface area contributed by atoms with Crippen molar-refractivity contribution < 1.29 is 13.5 Å². The number of nitrogens with one attached hydrogen (secondary N) is 1. The molecule has 0 spiro atoms. The summed E-state index contributed by atoms with van der Waals surface area (Å²) < 4.78 is 26.5. The lowest BCUT2D eigenvalue weighted by Gasteiger charge is -2.21. The molecule has 114 valence electrons. The zero-order valence-corrected chi connectivity index (χ0v) is 12.9. The van der Waals surface area contributed by atoms with Crippen LogP contribution < -0.4 is 5.32 Å². The van der Waals surface area contributed by atoms with Crippen molar-refractivity contribution in [2.24, 2.45) is 0 Å². The molecule has 1 rings (SSSR count). The summed E-state index contributed by atoms with van der Waals surface area (Å²) in [5.41, 5.74) is 0.525. The second kappa shape index (κ2) is 8.18. The fraction of sp³-hybridized carbons (Fsp3) is 0.615. The molecule has 1 aromatic rings. The van der Waals surface area contributed by atoms with E-state index >= 15 is 0 Å². The van der Waals surface area contributed by atoms with Crippen molar-refractivity contribution in [3.63, 3.8) is 0 Å². The Kier molecular flexibility index (Phi) is 6.90. The lowest BCUT2D eigenvalue weighted by atomic mass is 10.4. The zero-order chi connectivity index (χ0) is 15.0. The van der Waals surface area contributed by atoms with Gasteiger partial charge in [0, 0.05) is 32.4 Å². The fourth-order valence-electron chi connectivity index (χ4n) is 1.81. The molecule has 1 heterocycles. The average Bonchev–Trinajstić information content (AvgIpc) is 2.46. The van der Waals surface area contributed by atoms with E-state index in [4.69, 9.17) is 5.11 Å². The highest BCUT2D eigenvalue weighted by Gasteiger charge is 2.26. The van der Waals surface area contributed by atoms with Gasteiger partial charge in [0.2, 0.25) is 0 Å². The molecular formula is C13H23N3O3S. The molecule has 7 heteroatoms. The van der Waals surface area contributed by atoms with Gasteiger partial charge in [0.05, 0.1) is 5.69 Å². The Morgan fingerprint density at radius 1 is 1.40 bits per heavy atom. The van der Waals surface area contributed by atoms with Crippen molar-refractivity contribution in [3.05, 3.63) is 18.3 Å². The largest absolute Gasteiger partial charge is 0.396 e. The van der Waals surface area contributed by atoms with E-state index in [-0.39, 0.29) is 11.6 Å². The number of sulfonamides is 1. The summed E-state index contributed by atoms with van der Waals surface area (Å²) >= 11 is 0. The topological polar surface area (TPSA) is 82.5 Å². The van der Waals surface area contributed by atoms with Gasteiger partial charge in [-0.25, -0.2) is 13.4 Å². The Bertz CT molecular complexity index is 505. The number of aromatic nitrogens is 1. The highest BCUT2D eigenvalue weighted by atomic mass is 32.2. The van der Waals surface area contributed by atoms with Gasteiger partial charge in [-0.15, -0.1) is 0 Å². The molecule has 2 N–H and O–H groups in total. The van der Waals surface area contributed by atoms with Gasteiger partial charge in [0.25, 0.3) is 10.0 Å². The van der Waals surface area contributed by atoms with E-state index < -0.39 is 10.0 Å². The van der Waals surface area contributed by atoms with Crippen molar-refractivity contribution in [2.75, 3.05) is 31.6 Å². The van der Waals surface area contributed by atoms with Crippen LogP contribution in [0.3, 0.4) is 0 Å². The molecule has 0 aliphatic heterocycles. The van der Waals surface area contributed by atoms with Crippen molar-refractivity contribution >= 4 is 15.7 Å². The van der Waals surface area contributed by atoms with Crippen LogP contribution in [0.25, 0.3) is 0 Å². The number of hydrogen-bond donors (Lipinski definition) is 2. The van der Waals surface area contributed by atoms with E-state index in [1.165, 1.54) is 10.5 Å². The van der Waals surface area contributed by atoms with Crippen LogP contribution in [0.4, 0.5) is 5.69 Å². The van der Waals surface area contributed by atoms with Crippen LogP contribution in [-0.4, -0.2) is 49.1 Å². The van der Waals surface area contributed by atoms with Crippen molar-refractivity contribution in [3.8, 4) is 0 Å². The second-order valence-corrected chi connectivity index (χ2v) is 6.21. The number of pyridine rings is 1. The molecule has 20 heavy (non-hydrogen) atoms. The monoisotopic (exact) mass is 301 g/mol. The minimum atomic E-state index is -3.64. The molecule has 1 aromatic heterocycles. The minimum absolute atomic E-state index is 0.0326. The zero-order valence-electron chi connectivity index (χ0n) is 12.0. The van der Waals surface area contributed by atoms with E-state index in [0.29, 0.717) is 31.7 Å².